The summed E-state index contributed by atoms with van der Waals surface area (Å²) in [5, 5.41) is 3.74. The number of carbonyl (C=O) groups is 2. The van der Waals surface area contributed by atoms with Gasteiger partial charge in [0.05, 0.1) is 5.75 Å². The number of amides is 2. The van der Waals surface area contributed by atoms with E-state index >= 15 is 0 Å². The molecule has 2 amide bonds. The van der Waals surface area contributed by atoms with Crippen molar-refractivity contribution in [3.63, 3.8) is 0 Å². The van der Waals surface area contributed by atoms with Crippen LogP contribution in [0.2, 0.25) is 5.02 Å². The monoisotopic (exact) mass is 472 g/mol. The average molecular weight is 473 g/mol. The predicted octanol–water partition coefficient (Wildman–Crippen LogP) is 5.67. The molecule has 1 N–H and O–H groups in total. The zero-order valence-electron chi connectivity index (χ0n) is 19.2. The van der Waals surface area contributed by atoms with Crippen LogP contribution in [0.4, 0.5) is 0 Å². The Bertz CT molecular complexity index is 923. The SMILES string of the molecule is Cc1cc(C)cc(CSCC(=O)N(Cc2ccccc2Cl)[C@H](C)C(=O)NC2CCCC2)c1. The molecule has 1 aliphatic carbocycles. The van der Waals surface area contributed by atoms with Gasteiger partial charge in [-0.15, -0.1) is 11.8 Å². The maximum atomic E-state index is 13.2. The maximum Gasteiger partial charge on any atom is 0.242 e. The molecule has 0 unspecified atom stereocenters. The Morgan fingerprint density at radius 2 is 1.78 bits per heavy atom. The number of nitrogens with one attached hydrogen (secondary N) is 1. The minimum Gasteiger partial charge on any atom is -0.352 e. The first-order chi connectivity index (χ1) is 15.3. The molecule has 2 aromatic carbocycles. The quantitative estimate of drug-likeness (QED) is 0.511. The van der Waals surface area contributed by atoms with Gasteiger partial charge in [-0.25, -0.2) is 0 Å². The summed E-state index contributed by atoms with van der Waals surface area (Å²) in [6.07, 6.45) is 4.33. The molecule has 1 fully saturated rings. The van der Waals surface area contributed by atoms with Crippen molar-refractivity contribution in [1.82, 2.24) is 10.2 Å². The van der Waals surface area contributed by atoms with Crippen molar-refractivity contribution < 1.29 is 9.59 Å². The number of benzene rings is 2. The van der Waals surface area contributed by atoms with E-state index in [4.69, 9.17) is 11.6 Å². The fourth-order valence-corrected chi connectivity index (χ4v) is 5.32. The van der Waals surface area contributed by atoms with Gasteiger partial charge in [0.15, 0.2) is 0 Å². The number of hydrogen-bond acceptors (Lipinski definition) is 3. The van der Waals surface area contributed by atoms with Gasteiger partial charge in [-0.1, -0.05) is 72.0 Å². The molecule has 172 valence electrons. The number of halogens is 1. The minimum absolute atomic E-state index is 0.0478. The number of rotatable bonds is 9. The van der Waals surface area contributed by atoms with E-state index in [1.54, 1.807) is 16.7 Å². The van der Waals surface area contributed by atoms with Crippen LogP contribution < -0.4 is 5.32 Å². The van der Waals surface area contributed by atoms with E-state index < -0.39 is 6.04 Å². The molecule has 1 aliphatic rings. The second-order valence-corrected chi connectivity index (χ2v) is 10.2. The summed E-state index contributed by atoms with van der Waals surface area (Å²) in [6, 6.07) is 13.6. The summed E-state index contributed by atoms with van der Waals surface area (Å²) in [6.45, 7) is 6.31. The van der Waals surface area contributed by atoms with Crippen molar-refractivity contribution >= 4 is 35.2 Å². The molecule has 0 aliphatic heterocycles. The van der Waals surface area contributed by atoms with Crippen LogP contribution in [0.1, 0.15) is 54.9 Å². The van der Waals surface area contributed by atoms with Gasteiger partial charge in [-0.05, 0) is 50.8 Å². The molecule has 32 heavy (non-hydrogen) atoms. The molecule has 6 heteroatoms. The molecule has 3 rings (SSSR count). The van der Waals surface area contributed by atoms with Gasteiger partial charge in [-0.2, -0.15) is 0 Å². The number of nitrogens with zero attached hydrogens (tertiary/aromatic N) is 1. The van der Waals surface area contributed by atoms with Crippen LogP contribution in [0, 0.1) is 13.8 Å². The standard InChI is InChI=1S/C26H33ClN2O2S/c1-18-12-19(2)14-21(13-18)16-32-17-25(30)29(15-22-8-4-7-11-24(22)27)20(3)26(31)28-23-9-5-6-10-23/h4,7-8,11-14,20,23H,5-6,9-10,15-17H2,1-3H3,(H,28,31)/t20-/m1/s1. The normalized spacial score (nSPS) is 14.9. The summed E-state index contributed by atoms with van der Waals surface area (Å²) in [7, 11) is 0. The Balaban J connectivity index is 1.67. The topological polar surface area (TPSA) is 49.4 Å². The van der Waals surface area contributed by atoms with Crippen LogP contribution in [0.3, 0.4) is 0 Å². The smallest absolute Gasteiger partial charge is 0.242 e. The summed E-state index contributed by atoms with van der Waals surface area (Å²) >= 11 is 7.95. The molecular weight excluding hydrogens is 440 g/mol. The molecule has 1 saturated carbocycles. The fourth-order valence-electron chi connectivity index (χ4n) is 4.28. The van der Waals surface area contributed by atoms with Crippen LogP contribution >= 0.6 is 23.4 Å². The van der Waals surface area contributed by atoms with Gasteiger partial charge in [0.1, 0.15) is 6.04 Å². The van der Waals surface area contributed by atoms with Crippen LogP contribution in [0.25, 0.3) is 0 Å². The molecule has 0 aromatic heterocycles. The zero-order valence-corrected chi connectivity index (χ0v) is 20.8. The van der Waals surface area contributed by atoms with Gasteiger partial charge in [0, 0.05) is 23.4 Å². The van der Waals surface area contributed by atoms with E-state index in [9.17, 15) is 9.59 Å². The molecule has 0 heterocycles. The fraction of sp³-hybridized carbons (Fsp3) is 0.462. The van der Waals surface area contributed by atoms with Crippen LogP contribution in [0.5, 0.6) is 0 Å². The number of carbonyl (C=O) groups excluding carboxylic acids is 2. The molecule has 4 nitrogen and oxygen atoms in total. The van der Waals surface area contributed by atoms with E-state index in [1.807, 2.05) is 31.2 Å². The summed E-state index contributed by atoms with van der Waals surface area (Å²) < 4.78 is 0. The highest BCUT2D eigenvalue weighted by Crippen LogP contribution is 2.22. The third-order valence-corrected chi connectivity index (χ3v) is 7.30. The Morgan fingerprint density at radius 1 is 1.12 bits per heavy atom. The van der Waals surface area contributed by atoms with Crippen molar-refractivity contribution in [1.29, 1.82) is 0 Å². The number of hydrogen-bond donors (Lipinski definition) is 1. The Morgan fingerprint density at radius 3 is 2.44 bits per heavy atom. The molecule has 0 spiro atoms. The van der Waals surface area contributed by atoms with Gasteiger partial charge in [-0.3, -0.25) is 9.59 Å². The molecule has 2 aromatic rings. The highest BCUT2D eigenvalue weighted by atomic mass is 35.5. The summed E-state index contributed by atoms with van der Waals surface area (Å²) in [5.41, 5.74) is 4.52. The second-order valence-electron chi connectivity index (χ2n) is 8.77. The third-order valence-electron chi connectivity index (χ3n) is 5.94. The van der Waals surface area contributed by atoms with E-state index in [0.717, 1.165) is 37.0 Å². The molecular formula is C26H33ClN2O2S. The van der Waals surface area contributed by atoms with Crippen LogP contribution in [-0.2, 0) is 21.9 Å². The average Bonchev–Trinajstić information content (AvgIpc) is 3.25. The lowest BCUT2D eigenvalue weighted by Crippen LogP contribution is -2.50. The van der Waals surface area contributed by atoms with E-state index in [1.165, 1.54) is 16.7 Å². The summed E-state index contributed by atoms with van der Waals surface area (Å²) in [4.78, 5) is 27.9. The van der Waals surface area contributed by atoms with Crippen LogP contribution in [-0.4, -0.2) is 34.6 Å². The van der Waals surface area contributed by atoms with Gasteiger partial charge < -0.3 is 10.2 Å². The lowest BCUT2D eigenvalue weighted by Gasteiger charge is -2.30. The van der Waals surface area contributed by atoms with E-state index in [0.29, 0.717) is 17.3 Å². The highest BCUT2D eigenvalue weighted by Gasteiger charge is 2.28. The van der Waals surface area contributed by atoms with Crippen molar-refractivity contribution in [2.24, 2.45) is 0 Å². The molecule has 0 saturated heterocycles. The Hall–Kier alpha value is -1.98. The zero-order chi connectivity index (χ0) is 23.1. The lowest BCUT2D eigenvalue weighted by atomic mass is 10.1. The van der Waals surface area contributed by atoms with Crippen molar-refractivity contribution in [2.45, 2.75) is 70.8 Å². The predicted molar refractivity (Wildman–Crippen MR) is 134 cm³/mol. The first-order valence-corrected chi connectivity index (χ1v) is 12.8. The molecule has 0 bridgehead atoms. The molecule has 1 atom stereocenters. The summed E-state index contributed by atoms with van der Waals surface area (Å²) in [5.74, 6) is 0.944. The van der Waals surface area contributed by atoms with Crippen molar-refractivity contribution in [3.8, 4) is 0 Å². The highest BCUT2D eigenvalue weighted by molar-refractivity contribution is 7.99. The van der Waals surface area contributed by atoms with Gasteiger partial charge in [0.2, 0.25) is 11.8 Å². The third kappa shape index (κ3) is 7.01. The van der Waals surface area contributed by atoms with Crippen molar-refractivity contribution in [3.05, 3.63) is 69.7 Å². The first kappa shape index (κ1) is 24.7. The van der Waals surface area contributed by atoms with E-state index in [-0.39, 0.29) is 17.9 Å². The Labute approximate surface area is 201 Å². The number of aryl methyl sites for hydroxylation is 2. The van der Waals surface area contributed by atoms with Gasteiger partial charge >= 0.3 is 0 Å². The second kappa shape index (κ2) is 11.8. The Kier molecular flexibility index (Phi) is 9.06. The minimum atomic E-state index is -0.554. The number of thioether (sulfide) groups is 1. The van der Waals surface area contributed by atoms with E-state index in [2.05, 4.69) is 37.4 Å². The maximum absolute atomic E-state index is 13.2. The van der Waals surface area contributed by atoms with Crippen LogP contribution in [0.15, 0.2) is 42.5 Å². The van der Waals surface area contributed by atoms with Crippen molar-refractivity contribution in [2.75, 3.05) is 5.75 Å². The lowest BCUT2D eigenvalue weighted by molar-refractivity contribution is -0.138. The largest absolute Gasteiger partial charge is 0.352 e. The first-order valence-electron chi connectivity index (χ1n) is 11.3. The van der Waals surface area contributed by atoms with Gasteiger partial charge in [0.25, 0.3) is 0 Å². The molecule has 0 radical (unpaired) electrons.